The van der Waals surface area contributed by atoms with E-state index in [-0.39, 0.29) is 11.9 Å². The molecule has 1 atom stereocenters. The Labute approximate surface area is 142 Å². The monoisotopic (exact) mass is 328 g/mol. The molecule has 1 unspecified atom stereocenters. The molecule has 1 aliphatic rings. The molecule has 0 fully saturated rings. The summed E-state index contributed by atoms with van der Waals surface area (Å²) in [7, 11) is 0. The predicted molar refractivity (Wildman–Crippen MR) is 91.3 cm³/mol. The van der Waals surface area contributed by atoms with Crippen LogP contribution in [-0.2, 0) is 24.4 Å². The second-order valence-corrected chi connectivity index (χ2v) is 6.05. The number of rotatable bonds is 5. The lowest BCUT2D eigenvalue weighted by Crippen LogP contribution is -2.41. The smallest absolute Gasteiger partial charge is 0.318 e. The Balaban J connectivity index is 1.65. The van der Waals surface area contributed by atoms with E-state index in [0.717, 1.165) is 17.9 Å². The standard InChI is InChI=1S/C18H24N4O2/c1-2-24-14-16-11-21-9-8-19-17(21)13-22(12-16)18(23)20-10-15-6-4-3-5-7-15/h3-9,16H,2,10-14H2,1H3,(H,20,23). The van der Waals surface area contributed by atoms with E-state index < -0.39 is 0 Å². The van der Waals surface area contributed by atoms with Gasteiger partial charge in [-0.15, -0.1) is 0 Å². The fourth-order valence-electron chi connectivity index (χ4n) is 2.97. The molecule has 0 saturated heterocycles. The van der Waals surface area contributed by atoms with E-state index in [9.17, 15) is 4.79 Å². The van der Waals surface area contributed by atoms with Crippen LogP contribution in [0.5, 0.6) is 0 Å². The number of hydrogen-bond donors (Lipinski definition) is 1. The maximum absolute atomic E-state index is 12.6. The highest BCUT2D eigenvalue weighted by Crippen LogP contribution is 2.16. The van der Waals surface area contributed by atoms with Crippen molar-refractivity contribution in [1.29, 1.82) is 0 Å². The van der Waals surface area contributed by atoms with Gasteiger partial charge in [0.15, 0.2) is 0 Å². The van der Waals surface area contributed by atoms with Gasteiger partial charge in [0.25, 0.3) is 0 Å². The van der Waals surface area contributed by atoms with Gasteiger partial charge in [0.2, 0.25) is 0 Å². The van der Waals surface area contributed by atoms with Crippen LogP contribution in [0.2, 0.25) is 0 Å². The summed E-state index contributed by atoms with van der Waals surface area (Å²) in [6, 6.07) is 9.88. The number of benzene rings is 1. The summed E-state index contributed by atoms with van der Waals surface area (Å²) in [5.41, 5.74) is 1.09. The van der Waals surface area contributed by atoms with Crippen molar-refractivity contribution in [3.05, 3.63) is 54.1 Å². The minimum absolute atomic E-state index is 0.0585. The third kappa shape index (κ3) is 4.14. The van der Waals surface area contributed by atoms with E-state index in [1.807, 2.05) is 48.4 Å². The number of hydrogen-bond acceptors (Lipinski definition) is 3. The van der Waals surface area contributed by atoms with Crippen LogP contribution in [-0.4, -0.2) is 40.2 Å². The molecular formula is C18H24N4O2. The Bertz CT molecular complexity index is 656. The van der Waals surface area contributed by atoms with Gasteiger partial charge >= 0.3 is 6.03 Å². The van der Waals surface area contributed by atoms with E-state index in [0.29, 0.717) is 32.8 Å². The lowest BCUT2D eigenvalue weighted by Gasteiger charge is -2.24. The Hall–Kier alpha value is -2.34. The molecule has 0 saturated carbocycles. The van der Waals surface area contributed by atoms with Crippen molar-refractivity contribution in [3.63, 3.8) is 0 Å². The summed E-state index contributed by atoms with van der Waals surface area (Å²) < 4.78 is 7.70. The molecular weight excluding hydrogens is 304 g/mol. The first-order chi connectivity index (χ1) is 11.8. The topological polar surface area (TPSA) is 59.4 Å². The van der Waals surface area contributed by atoms with Crippen LogP contribution in [0.4, 0.5) is 4.79 Å². The Kier molecular flexibility index (Phi) is 5.48. The summed E-state index contributed by atoms with van der Waals surface area (Å²) in [6.07, 6.45) is 3.76. The van der Waals surface area contributed by atoms with Gasteiger partial charge < -0.3 is 19.5 Å². The SMILES string of the molecule is CCOCC1CN(C(=O)NCc2ccccc2)Cc2nccn2C1. The minimum Gasteiger partial charge on any atom is -0.381 e. The molecule has 1 aliphatic heterocycles. The molecule has 0 aliphatic carbocycles. The van der Waals surface area contributed by atoms with Gasteiger partial charge in [0.1, 0.15) is 5.82 Å². The number of nitrogens with zero attached hydrogens (tertiary/aromatic N) is 3. The normalized spacial score (nSPS) is 17.2. The number of carbonyl (C=O) groups is 1. The molecule has 1 aromatic heterocycles. The third-order valence-electron chi connectivity index (χ3n) is 4.20. The van der Waals surface area contributed by atoms with Crippen molar-refractivity contribution < 1.29 is 9.53 Å². The zero-order valence-electron chi connectivity index (χ0n) is 14.0. The quantitative estimate of drug-likeness (QED) is 0.916. The Morgan fingerprint density at radius 1 is 1.33 bits per heavy atom. The van der Waals surface area contributed by atoms with E-state index >= 15 is 0 Å². The van der Waals surface area contributed by atoms with Crippen LogP contribution in [0.15, 0.2) is 42.7 Å². The van der Waals surface area contributed by atoms with E-state index in [4.69, 9.17) is 4.74 Å². The van der Waals surface area contributed by atoms with Crippen LogP contribution in [0, 0.1) is 5.92 Å². The number of carbonyl (C=O) groups excluding carboxylic acids is 1. The molecule has 2 aromatic rings. The van der Waals surface area contributed by atoms with Crippen LogP contribution >= 0.6 is 0 Å². The number of ether oxygens (including phenoxy) is 1. The largest absolute Gasteiger partial charge is 0.381 e. The zero-order valence-corrected chi connectivity index (χ0v) is 14.0. The molecule has 1 aromatic carbocycles. The Morgan fingerprint density at radius 2 is 2.17 bits per heavy atom. The molecule has 0 spiro atoms. The maximum Gasteiger partial charge on any atom is 0.318 e. The fraction of sp³-hybridized carbons (Fsp3) is 0.444. The molecule has 6 nitrogen and oxygen atoms in total. The first-order valence-electron chi connectivity index (χ1n) is 8.40. The van der Waals surface area contributed by atoms with E-state index in [2.05, 4.69) is 14.9 Å². The van der Waals surface area contributed by atoms with Gasteiger partial charge in [-0.3, -0.25) is 0 Å². The number of imidazole rings is 1. The first-order valence-corrected chi connectivity index (χ1v) is 8.40. The molecule has 128 valence electrons. The summed E-state index contributed by atoms with van der Waals surface area (Å²) in [5.74, 6) is 1.19. The van der Waals surface area contributed by atoms with Gasteiger partial charge in [-0.2, -0.15) is 0 Å². The molecule has 1 N–H and O–H groups in total. The molecule has 2 amide bonds. The summed E-state index contributed by atoms with van der Waals surface area (Å²) >= 11 is 0. The van der Waals surface area contributed by atoms with Crippen molar-refractivity contribution in [3.8, 4) is 0 Å². The second kappa shape index (κ2) is 7.97. The third-order valence-corrected chi connectivity index (χ3v) is 4.20. The number of aromatic nitrogens is 2. The number of amides is 2. The summed E-state index contributed by atoms with van der Waals surface area (Å²) in [5, 5.41) is 3.01. The average Bonchev–Trinajstić information content (AvgIpc) is 2.96. The number of nitrogens with one attached hydrogen (secondary N) is 1. The summed E-state index contributed by atoms with van der Waals surface area (Å²) in [6.45, 7) is 5.88. The van der Waals surface area contributed by atoms with Crippen LogP contribution < -0.4 is 5.32 Å². The Morgan fingerprint density at radius 3 is 2.96 bits per heavy atom. The van der Waals surface area contributed by atoms with Gasteiger partial charge in [0.05, 0.1) is 13.2 Å². The zero-order chi connectivity index (χ0) is 16.8. The van der Waals surface area contributed by atoms with Crippen molar-refractivity contribution in [1.82, 2.24) is 19.8 Å². The predicted octanol–water partition coefficient (Wildman–Crippen LogP) is 2.26. The maximum atomic E-state index is 12.6. The molecule has 2 heterocycles. The van der Waals surface area contributed by atoms with Gasteiger partial charge in [-0.1, -0.05) is 30.3 Å². The van der Waals surface area contributed by atoms with E-state index in [1.165, 1.54) is 0 Å². The van der Waals surface area contributed by atoms with E-state index in [1.54, 1.807) is 6.20 Å². The van der Waals surface area contributed by atoms with Crippen molar-refractivity contribution >= 4 is 6.03 Å². The second-order valence-electron chi connectivity index (χ2n) is 6.05. The van der Waals surface area contributed by atoms with Crippen LogP contribution in [0.1, 0.15) is 18.3 Å². The molecule has 24 heavy (non-hydrogen) atoms. The first kappa shape index (κ1) is 16.5. The number of fused-ring (bicyclic) bond motifs is 1. The molecule has 0 radical (unpaired) electrons. The molecule has 0 bridgehead atoms. The lowest BCUT2D eigenvalue weighted by molar-refractivity contribution is 0.0913. The van der Waals surface area contributed by atoms with Crippen LogP contribution in [0.3, 0.4) is 0 Å². The van der Waals surface area contributed by atoms with Gasteiger partial charge in [0, 0.05) is 44.6 Å². The highest BCUT2D eigenvalue weighted by Gasteiger charge is 2.25. The fourth-order valence-corrected chi connectivity index (χ4v) is 2.97. The van der Waals surface area contributed by atoms with Crippen molar-refractivity contribution in [2.45, 2.75) is 26.6 Å². The minimum atomic E-state index is -0.0585. The molecule has 3 rings (SSSR count). The van der Waals surface area contributed by atoms with Gasteiger partial charge in [-0.25, -0.2) is 9.78 Å². The van der Waals surface area contributed by atoms with Crippen molar-refractivity contribution in [2.24, 2.45) is 5.92 Å². The summed E-state index contributed by atoms with van der Waals surface area (Å²) in [4.78, 5) is 18.8. The average molecular weight is 328 g/mol. The lowest BCUT2D eigenvalue weighted by atomic mass is 10.1. The highest BCUT2D eigenvalue weighted by molar-refractivity contribution is 5.74. The van der Waals surface area contributed by atoms with Crippen LogP contribution in [0.25, 0.3) is 0 Å². The highest BCUT2D eigenvalue weighted by atomic mass is 16.5. The molecule has 6 heteroatoms. The van der Waals surface area contributed by atoms with Gasteiger partial charge in [-0.05, 0) is 12.5 Å². The number of urea groups is 1. The van der Waals surface area contributed by atoms with Crippen molar-refractivity contribution in [2.75, 3.05) is 19.8 Å².